The third-order valence-corrected chi connectivity index (χ3v) is 9.45. The third-order valence-electron chi connectivity index (χ3n) is 7.42. The quantitative estimate of drug-likeness (QED) is 0.0768. The number of aromatic nitrogens is 2. The van der Waals surface area contributed by atoms with Gasteiger partial charge in [-0.3, -0.25) is 29.5 Å². The number of H-pyrrole nitrogens is 1. The van der Waals surface area contributed by atoms with Crippen LogP contribution in [0.3, 0.4) is 0 Å². The molecule has 3 aliphatic rings. The molecule has 2 aliphatic heterocycles. The molecule has 0 spiro atoms. The highest BCUT2D eigenvalue weighted by Crippen LogP contribution is 2.34. The number of aromatic hydroxyl groups is 1. The lowest BCUT2D eigenvalue weighted by atomic mass is 10.0. The minimum atomic E-state index is -4.90. The van der Waals surface area contributed by atoms with Crippen molar-refractivity contribution in [3.05, 3.63) is 39.3 Å². The second-order valence-electron chi connectivity index (χ2n) is 10.5. The standard InChI is InChI=1S/C24H26N10O12S2/c25-21-28-13(10-47-21)16(30-46-24(20(40)41)3-1-2-4-24)18(38)27-12-9-32(19(12)39)22(42)31-48(44,45)34-6-5-33(23(34)43)29-17(37)11-7-14(35)15(36)8-26-11/h7-8,10,12,36H,1-6,9H2,(H2,25,28)(H,26,35)(H,27,38)(H,29,37)(H,31,42)(H,40,41)/t12-/m0/s1. The number of imide groups is 1. The normalized spacial score (nSPS) is 19.1. The first-order chi connectivity index (χ1) is 22.6. The number of carbonyl (C=O) groups is 6. The molecular weight excluding hydrogens is 684 g/mol. The van der Waals surface area contributed by atoms with Crippen LogP contribution in [0.2, 0.25) is 0 Å². The van der Waals surface area contributed by atoms with Crippen molar-refractivity contribution in [1.82, 2.24) is 39.6 Å². The van der Waals surface area contributed by atoms with Gasteiger partial charge in [0.25, 0.3) is 17.7 Å². The van der Waals surface area contributed by atoms with Crippen LogP contribution in [0.15, 0.2) is 27.6 Å². The number of pyridine rings is 1. The van der Waals surface area contributed by atoms with Crippen molar-refractivity contribution < 1.29 is 52.2 Å². The van der Waals surface area contributed by atoms with Gasteiger partial charge >= 0.3 is 28.2 Å². The summed E-state index contributed by atoms with van der Waals surface area (Å²) in [4.78, 5) is 99.0. The Kier molecular flexibility index (Phi) is 8.94. The molecule has 256 valence electrons. The Hall–Kier alpha value is -5.78. The molecule has 8 N–H and O–H groups in total. The number of nitrogen functional groups attached to an aromatic ring is 1. The van der Waals surface area contributed by atoms with E-state index in [1.54, 1.807) is 4.72 Å². The van der Waals surface area contributed by atoms with Crippen LogP contribution < -0.4 is 26.6 Å². The fourth-order valence-corrected chi connectivity index (χ4v) is 6.42. The molecule has 0 radical (unpaired) electrons. The number of hydrazine groups is 1. The van der Waals surface area contributed by atoms with Crippen molar-refractivity contribution in [2.24, 2.45) is 5.16 Å². The smallest absolute Gasteiger partial charge is 0.353 e. The van der Waals surface area contributed by atoms with Gasteiger partial charge in [0, 0.05) is 30.5 Å². The highest BCUT2D eigenvalue weighted by molar-refractivity contribution is 7.88. The maximum atomic E-state index is 13.1. The number of hydrogen-bond donors (Lipinski definition) is 7. The average Bonchev–Trinajstić information content (AvgIpc) is 3.77. The van der Waals surface area contributed by atoms with E-state index in [-0.39, 0.29) is 40.2 Å². The summed E-state index contributed by atoms with van der Waals surface area (Å²) in [5, 5.41) is 27.0. The molecule has 2 aromatic rings. The molecule has 0 aromatic carbocycles. The number of anilines is 1. The van der Waals surface area contributed by atoms with E-state index in [2.05, 4.69) is 25.9 Å². The Bertz CT molecular complexity index is 1900. The predicted octanol–water partition coefficient (Wildman–Crippen LogP) is -2.40. The largest absolute Gasteiger partial charge is 0.503 e. The zero-order valence-corrected chi connectivity index (χ0v) is 26.0. The number of β-lactam (4-membered cyclic amide) rings is 1. The maximum Gasteiger partial charge on any atom is 0.353 e. The van der Waals surface area contributed by atoms with Gasteiger partial charge in [-0.1, -0.05) is 5.16 Å². The first-order valence-electron chi connectivity index (χ1n) is 13.8. The average molecular weight is 711 g/mol. The zero-order valence-electron chi connectivity index (χ0n) is 24.4. The molecule has 2 aromatic heterocycles. The SMILES string of the molecule is Nc1nc(C(=NOC2(C(=O)O)CCCC2)C(=O)N[C@H]2CN(C(=O)NS(=O)(=O)N3CCN(NC(=O)c4cc(=O)c(O)c[nH]4)C3=O)C2=O)cs1. The van der Waals surface area contributed by atoms with E-state index >= 15 is 0 Å². The molecule has 7 amide bonds. The van der Waals surface area contributed by atoms with Gasteiger partial charge in [-0.05, 0) is 12.8 Å². The molecular formula is C24H26N10O12S2. The van der Waals surface area contributed by atoms with Gasteiger partial charge in [0.05, 0.1) is 19.6 Å². The van der Waals surface area contributed by atoms with Crippen molar-refractivity contribution in [3.63, 3.8) is 0 Å². The first kappa shape index (κ1) is 33.6. The number of rotatable bonds is 10. The molecule has 0 bridgehead atoms. The van der Waals surface area contributed by atoms with Gasteiger partial charge in [0.15, 0.2) is 16.6 Å². The number of nitrogens with one attached hydrogen (secondary N) is 4. The van der Waals surface area contributed by atoms with Crippen molar-refractivity contribution in [2.45, 2.75) is 37.3 Å². The number of nitrogens with two attached hydrogens (primary N) is 1. The number of carboxylic acids is 1. The van der Waals surface area contributed by atoms with Crippen molar-refractivity contribution in [1.29, 1.82) is 0 Å². The van der Waals surface area contributed by atoms with Gasteiger partial charge < -0.3 is 31.1 Å². The third kappa shape index (κ3) is 6.55. The Labute approximate surface area is 272 Å². The molecule has 1 aliphatic carbocycles. The van der Waals surface area contributed by atoms with Crippen molar-refractivity contribution in [3.8, 4) is 5.75 Å². The van der Waals surface area contributed by atoms with Crippen LogP contribution in [0.1, 0.15) is 41.9 Å². The summed E-state index contributed by atoms with van der Waals surface area (Å²) in [5.41, 5.74) is 4.28. The lowest BCUT2D eigenvalue weighted by Crippen LogP contribution is -2.68. The van der Waals surface area contributed by atoms with Crippen LogP contribution in [0.4, 0.5) is 14.7 Å². The number of likely N-dealkylation sites (tertiary alicyclic amines) is 1. The number of thiazole rings is 1. The maximum absolute atomic E-state index is 13.1. The van der Waals surface area contributed by atoms with E-state index in [1.807, 2.05) is 0 Å². The molecule has 4 heterocycles. The second-order valence-corrected chi connectivity index (χ2v) is 13.0. The van der Waals surface area contributed by atoms with E-state index in [0.717, 1.165) is 23.6 Å². The van der Waals surface area contributed by atoms with E-state index in [4.69, 9.17) is 10.6 Å². The first-order valence-corrected chi connectivity index (χ1v) is 16.2. The van der Waals surface area contributed by atoms with Gasteiger partial charge in [-0.2, -0.15) is 8.42 Å². The van der Waals surface area contributed by atoms with Crippen LogP contribution in [-0.4, -0.2) is 116 Å². The Morgan fingerprint density at radius 1 is 1.17 bits per heavy atom. The molecule has 5 rings (SSSR count). The van der Waals surface area contributed by atoms with E-state index in [1.165, 1.54) is 5.38 Å². The van der Waals surface area contributed by atoms with Crippen molar-refractivity contribution >= 4 is 68.1 Å². The fourth-order valence-electron chi connectivity index (χ4n) is 4.81. The van der Waals surface area contributed by atoms with E-state index in [9.17, 15) is 52.2 Å². The summed E-state index contributed by atoms with van der Waals surface area (Å²) >= 11 is 0.952. The summed E-state index contributed by atoms with van der Waals surface area (Å²) in [6.07, 6.45) is 2.25. The monoisotopic (exact) mass is 710 g/mol. The topological polar surface area (TPSA) is 316 Å². The number of urea groups is 2. The molecule has 3 fully saturated rings. The second kappa shape index (κ2) is 12.8. The lowest BCUT2D eigenvalue weighted by Gasteiger charge is -2.36. The van der Waals surface area contributed by atoms with Crippen LogP contribution in [0.5, 0.6) is 5.75 Å². The van der Waals surface area contributed by atoms with Gasteiger partial charge in [0.2, 0.25) is 11.0 Å². The summed E-state index contributed by atoms with van der Waals surface area (Å²) < 4.78 is 27.4. The Morgan fingerprint density at radius 3 is 2.48 bits per heavy atom. The number of hydrogen-bond acceptors (Lipinski definition) is 15. The minimum absolute atomic E-state index is 0.0544. The fraction of sp³-hybridized carbons (Fsp3) is 0.375. The van der Waals surface area contributed by atoms with Gasteiger partial charge in [-0.15, -0.1) is 11.3 Å². The molecule has 1 saturated carbocycles. The van der Waals surface area contributed by atoms with E-state index < -0.39 is 87.6 Å². The Morgan fingerprint density at radius 2 is 1.88 bits per heavy atom. The van der Waals surface area contributed by atoms with E-state index in [0.29, 0.717) is 22.8 Å². The molecule has 1 atom stereocenters. The number of carboxylic acid groups (broad SMARTS) is 1. The summed E-state index contributed by atoms with van der Waals surface area (Å²) in [7, 11) is -4.90. The molecule has 24 heteroatoms. The number of aromatic amines is 1. The number of amides is 7. The van der Waals surface area contributed by atoms with Crippen molar-refractivity contribution in [2.75, 3.05) is 25.4 Å². The van der Waals surface area contributed by atoms with Gasteiger partial charge in [0.1, 0.15) is 17.4 Å². The molecule has 22 nitrogen and oxygen atoms in total. The predicted molar refractivity (Wildman–Crippen MR) is 159 cm³/mol. The number of nitrogens with zero attached hydrogens (tertiary/aromatic N) is 5. The van der Waals surface area contributed by atoms with Crippen LogP contribution in [0, 0.1) is 0 Å². The molecule has 0 unspecified atom stereocenters. The summed E-state index contributed by atoms with van der Waals surface area (Å²) in [6.45, 7) is -1.38. The van der Waals surface area contributed by atoms with Gasteiger partial charge in [-0.25, -0.2) is 33.4 Å². The minimum Gasteiger partial charge on any atom is -0.503 e. The number of oxime groups is 1. The number of aliphatic carboxylic acids is 1. The van der Waals surface area contributed by atoms with Crippen LogP contribution in [-0.2, 0) is 29.4 Å². The summed E-state index contributed by atoms with van der Waals surface area (Å²) in [5.74, 6) is -5.00. The zero-order chi connectivity index (χ0) is 35.0. The highest BCUT2D eigenvalue weighted by atomic mass is 32.2. The highest BCUT2D eigenvalue weighted by Gasteiger charge is 2.47. The lowest BCUT2D eigenvalue weighted by molar-refractivity contribution is -0.165. The molecule has 48 heavy (non-hydrogen) atoms. The number of carbonyl (C=O) groups excluding carboxylic acids is 5. The van der Waals surface area contributed by atoms with Crippen LogP contribution >= 0.6 is 11.3 Å². The Balaban J connectivity index is 1.18. The molecule has 2 saturated heterocycles. The van der Waals surface area contributed by atoms with Crippen LogP contribution in [0.25, 0.3) is 0 Å². The summed E-state index contributed by atoms with van der Waals surface area (Å²) in [6, 6.07) is -3.31.